The Bertz CT molecular complexity index is 449. The molecule has 0 aromatic carbocycles. The van der Waals surface area contributed by atoms with E-state index in [0.717, 1.165) is 44.7 Å². The number of aromatic nitrogens is 1. The summed E-state index contributed by atoms with van der Waals surface area (Å²) >= 11 is 0. The molecule has 0 aliphatic carbocycles. The molecule has 2 heterocycles. The highest BCUT2D eigenvalue weighted by atomic mass is 16.3. The number of piperidine rings is 1. The van der Waals surface area contributed by atoms with Gasteiger partial charge in [-0.2, -0.15) is 0 Å². The largest absolute Gasteiger partial charge is 0.396 e. The zero-order valence-corrected chi connectivity index (χ0v) is 15.0. The summed E-state index contributed by atoms with van der Waals surface area (Å²) in [4.78, 5) is 6.94. The fourth-order valence-electron chi connectivity index (χ4n) is 3.33. The van der Waals surface area contributed by atoms with Crippen molar-refractivity contribution < 1.29 is 5.11 Å². The second kappa shape index (κ2) is 8.76. The topological polar surface area (TPSA) is 48.4 Å². The van der Waals surface area contributed by atoms with Gasteiger partial charge in [-0.3, -0.25) is 9.88 Å². The first-order valence-electron chi connectivity index (χ1n) is 8.97. The highest BCUT2D eigenvalue weighted by Gasteiger charge is 2.25. The van der Waals surface area contributed by atoms with Gasteiger partial charge in [0.1, 0.15) is 0 Å². The van der Waals surface area contributed by atoms with Crippen LogP contribution in [0.25, 0.3) is 0 Å². The van der Waals surface area contributed by atoms with Crippen LogP contribution in [0.4, 0.5) is 0 Å². The Labute approximate surface area is 141 Å². The Morgan fingerprint density at radius 2 is 2.22 bits per heavy atom. The molecule has 4 nitrogen and oxygen atoms in total. The minimum Gasteiger partial charge on any atom is -0.396 e. The number of nitrogens with zero attached hydrogens (tertiary/aromatic N) is 2. The molecule has 1 aromatic rings. The van der Waals surface area contributed by atoms with Crippen LogP contribution >= 0.6 is 0 Å². The molecule has 23 heavy (non-hydrogen) atoms. The van der Waals surface area contributed by atoms with Crippen molar-refractivity contribution in [2.75, 3.05) is 26.2 Å². The molecule has 2 atom stereocenters. The summed E-state index contributed by atoms with van der Waals surface area (Å²) < 4.78 is 0. The van der Waals surface area contributed by atoms with E-state index in [1.165, 1.54) is 6.42 Å². The Morgan fingerprint density at radius 3 is 2.87 bits per heavy atom. The van der Waals surface area contributed by atoms with Crippen LogP contribution in [0.1, 0.15) is 45.7 Å². The summed E-state index contributed by atoms with van der Waals surface area (Å²) in [6, 6.07) is 6.76. The minimum absolute atomic E-state index is 0.0549. The normalized spacial score (nSPS) is 23.1. The number of rotatable bonds is 8. The predicted molar refractivity (Wildman–Crippen MR) is 95.2 cm³/mol. The molecule has 0 amide bonds. The molecule has 2 N–H and O–H groups in total. The lowest BCUT2D eigenvalue weighted by Crippen LogP contribution is -2.48. The number of likely N-dealkylation sites (tertiary alicyclic amines) is 1. The average Bonchev–Trinajstić information content (AvgIpc) is 2.54. The summed E-state index contributed by atoms with van der Waals surface area (Å²) in [5, 5.41) is 13.0. The SMILES string of the molecule is CC1CN(Cc2ccccn2)CCC1NCCCC(C)(C)CO. The fraction of sp³-hybridized carbons (Fsp3) is 0.737. The van der Waals surface area contributed by atoms with Crippen LogP contribution in [0.3, 0.4) is 0 Å². The maximum absolute atomic E-state index is 9.30. The summed E-state index contributed by atoms with van der Waals surface area (Å²) in [7, 11) is 0. The van der Waals surface area contributed by atoms with Crippen molar-refractivity contribution in [3.8, 4) is 0 Å². The van der Waals surface area contributed by atoms with Gasteiger partial charge >= 0.3 is 0 Å². The van der Waals surface area contributed by atoms with Gasteiger partial charge in [0.05, 0.1) is 5.69 Å². The molecule has 2 rings (SSSR count). The van der Waals surface area contributed by atoms with Gasteiger partial charge in [-0.25, -0.2) is 0 Å². The fourth-order valence-corrected chi connectivity index (χ4v) is 3.33. The number of nitrogens with one attached hydrogen (secondary N) is 1. The lowest BCUT2D eigenvalue weighted by Gasteiger charge is -2.37. The van der Waals surface area contributed by atoms with Gasteiger partial charge in [-0.1, -0.05) is 26.8 Å². The van der Waals surface area contributed by atoms with Crippen LogP contribution in [0, 0.1) is 11.3 Å². The van der Waals surface area contributed by atoms with Crippen LogP contribution in [-0.4, -0.2) is 47.3 Å². The highest BCUT2D eigenvalue weighted by molar-refractivity contribution is 5.03. The first-order valence-corrected chi connectivity index (χ1v) is 8.97. The highest BCUT2D eigenvalue weighted by Crippen LogP contribution is 2.22. The maximum Gasteiger partial charge on any atom is 0.0543 e. The van der Waals surface area contributed by atoms with E-state index in [-0.39, 0.29) is 12.0 Å². The molecule has 1 fully saturated rings. The molecule has 130 valence electrons. The number of pyridine rings is 1. The van der Waals surface area contributed by atoms with Crippen LogP contribution < -0.4 is 5.32 Å². The Balaban J connectivity index is 1.68. The molecule has 1 aromatic heterocycles. The molecule has 1 aliphatic heterocycles. The van der Waals surface area contributed by atoms with Gasteiger partial charge < -0.3 is 10.4 Å². The standard InChI is InChI=1S/C19H33N3O/c1-16-13-22(14-17-7-4-5-10-20-17)12-8-18(16)21-11-6-9-19(2,3)15-23/h4-5,7,10,16,18,21,23H,6,8-9,11-15H2,1-3H3. The molecule has 2 unspecified atom stereocenters. The number of hydrogen-bond donors (Lipinski definition) is 2. The van der Waals surface area contributed by atoms with Crippen molar-refractivity contribution in [1.82, 2.24) is 15.2 Å². The summed E-state index contributed by atoms with van der Waals surface area (Å²) in [5.74, 6) is 0.665. The van der Waals surface area contributed by atoms with Gasteiger partial charge in [0.2, 0.25) is 0 Å². The zero-order chi connectivity index (χ0) is 16.7. The van der Waals surface area contributed by atoms with E-state index in [4.69, 9.17) is 0 Å². The van der Waals surface area contributed by atoms with Crippen LogP contribution in [0.2, 0.25) is 0 Å². The van der Waals surface area contributed by atoms with E-state index in [1.807, 2.05) is 12.3 Å². The van der Waals surface area contributed by atoms with Gasteiger partial charge in [-0.15, -0.1) is 0 Å². The Morgan fingerprint density at radius 1 is 1.39 bits per heavy atom. The summed E-state index contributed by atoms with van der Waals surface area (Å²) in [6.07, 6.45) is 5.29. The molecule has 0 radical (unpaired) electrons. The van der Waals surface area contributed by atoms with Gasteiger partial charge in [-0.05, 0) is 49.3 Å². The average molecular weight is 319 g/mol. The monoisotopic (exact) mass is 319 g/mol. The molecule has 0 bridgehead atoms. The second-order valence-electron chi connectivity index (χ2n) is 7.81. The smallest absolute Gasteiger partial charge is 0.0543 e. The van der Waals surface area contributed by atoms with E-state index in [2.05, 4.69) is 48.1 Å². The van der Waals surface area contributed by atoms with Crippen molar-refractivity contribution in [3.05, 3.63) is 30.1 Å². The van der Waals surface area contributed by atoms with Crippen LogP contribution in [0.5, 0.6) is 0 Å². The predicted octanol–water partition coefficient (Wildman–Crippen LogP) is 2.68. The van der Waals surface area contributed by atoms with Crippen molar-refractivity contribution >= 4 is 0 Å². The van der Waals surface area contributed by atoms with E-state index >= 15 is 0 Å². The van der Waals surface area contributed by atoms with Crippen molar-refractivity contribution in [1.29, 1.82) is 0 Å². The zero-order valence-electron chi connectivity index (χ0n) is 15.0. The van der Waals surface area contributed by atoms with Gasteiger partial charge in [0, 0.05) is 38.5 Å². The number of aliphatic hydroxyl groups is 1. The molecule has 0 spiro atoms. The maximum atomic E-state index is 9.30. The van der Waals surface area contributed by atoms with E-state index < -0.39 is 0 Å². The summed E-state index contributed by atoms with van der Waals surface area (Å²) in [5.41, 5.74) is 1.22. The lowest BCUT2D eigenvalue weighted by atomic mass is 9.88. The number of aliphatic hydroxyl groups excluding tert-OH is 1. The van der Waals surface area contributed by atoms with E-state index in [1.54, 1.807) is 0 Å². The first-order chi connectivity index (χ1) is 11.0. The quantitative estimate of drug-likeness (QED) is 0.723. The van der Waals surface area contributed by atoms with Gasteiger partial charge in [0.15, 0.2) is 0 Å². The molecule has 1 aliphatic rings. The van der Waals surface area contributed by atoms with Crippen molar-refractivity contribution in [2.24, 2.45) is 11.3 Å². The molecule has 4 heteroatoms. The Kier molecular flexibility index (Phi) is 7.00. The molecular weight excluding hydrogens is 286 g/mol. The summed E-state index contributed by atoms with van der Waals surface area (Å²) in [6.45, 7) is 11.2. The second-order valence-corrected chi connectivity index (χ2v) is 7.81. The third-order valence-corrected chi connectivity index (χ3v) is 4.97. The lowest BCUT2D eigenvalue weighted by molar-refractivity contribution is 0.133. The third kappa shape index (κ3) is 6.21. The van der Waals surface area contributed by atoms with Gasteiger partial charge in [0.25, 0.3) is 0 Å². The number of hydrogen-bond acceptors (Lipinski definition) is 4. The van der Waals surface area contributed by atoms with Crippen molar-refractivity contribution in [2.45, 2.75) is 52.6 Å². The van der Waals surface area contributed by atoms with Crippen LogP contribution in [0.15, 0.2) is 24.4 Å². The molecule has 1 saturated heterocycles. The first kappa shape index (κ1) is 18.4. The van der Waals surface area contributed by atoms with E-state index in [0.29, 0.717) is 12.0 Å². The molecular formula is C19H33N3O. The van der Waals surface area contributed by atoms with E-state index in [9.17, 15) is 5.11 Å². The Hall–Kier alpha value is -0.970. The third-order valence-electron chi connectivity index (χ3n) is 4.97. The van der Waals surface area contributed by atoms with Crippen LogP contribution in [-0.2, 0) is 6.54 Å². The molecule has 0 saturated carbocycles. The van der Waals surface area contributed by atoms with Crippen molar-refractivity contribution in [3.63, 3.8) is 0 Å². The minimum atomic E-state index is 0.0549.